The molecular weight excluding hydrogens is 364 g/mol. The van der Waals surface area contributed by atoms with Crippen LogP contribution in [0.25, 0.3) is 0 Å². The first kappa shape index (κ1) is 20.1. The van der Waals surface area contributed by atoms with Crippen molar-refractivity contribution in [3.8, 4) is 0 Å². The van der Waals surface area contributed by atoms with Gasteiger partial charge in [-0.1, -0.05) is 43.1 Å². The topological polar surface area (TPSA) is 41.1 Å². The number of amides is 2. The molecule has 130 valence electrons. The first-order valence-electron chi connectivity index (χ1n) is 6.96. The summed E-state index contributed by atoms with van der Waals surface area (Å²) < 4.78 is 37.7. The summed E-state index contributed by atoms with van der Waals surface area (Å²) in [5.74, 6) is 0. The molecule has 0 saturated carbocycles. The quantitative estimate of drug-likeness (QED) is 0.600. The molecule has 0 unspecified atom stereocenters. The fraction of sp³-hybridized carbons (Fsp3) is 0.188. The van der Waals surface area contributed by atoms with Crippen LogP contribution in [0.2, 0.25) is 10.0 Å². The zero-order valence-electron chi connectivity index (χ0n) is 12.8. The number of alkyl halides is 3. The SMILES string of the molecule is CC.O=C(Nc1cccc(C(F)(F)F)c1)Nc1ccc(Cl)c(Cl)c1. The van der Waals surface area contributed by atoms with Gasteiger partial charge in [-0.05, 0) is 36.4 Å². The minimum Gasteiger partial charge on any atom is -0.308 e. The van der Waals surface area contributed by atoms with Crippen LogP contribution in [0.1, 0.15) is 19.4 Å². The van der Waals surface area contributed by atoms with Crippen LogP contribution < -0.4 is 10.6 Å². The lowest BCUT2D eigenvalue weighted by molar-refractivity contribution is -0.137. The van der Waals surface area contributed by atoms with Crippen LogP contribution in [0, 0.1) is 0 Å². The average molecular weight is 379 g/mol. The molecule has 0 radical (unpaired) electrons. The summed E-state index contributed by atoms with van der Waals surface area (Å²) in [6, 6.07) is 8.05. The number of benzene rings is 2. The monoisotopic (exact) mass is 378 g/mol. The van der Waals surface area contributed by atoms with Gasteiger partial charge in [-0.3, -0.25) is 0 Å². The highest BCUT2D eigenvalue weighted by molar-refractivity contribution is 6.42. The molecule has 2 rings (SSSR count). The molecule has 0 spiro atoms. The lowest BCUT2D eigenvalue weighted by Gasteiger charge is -2.11. The third-order valence-electron chi connectivity index (χ3n) is 2.63. The van der Waals surface area contributed by atoms with Crippen LogP contribution in [0.5, 0.6) is 0 Å². The molecular formula is C16H15Cl2F3N2O. The van der Waals surface area contributed by atoms with E-state index in [-0.39, 0.29) is 10.7 Å². The molecule has 3 nitrogen and oxygen atoms in total. The van der Waals surface area contributed by atoms with Crippen LogP contribution in [0.4, 0.5) is 29.3 Å². The zero-order chi connectivity index (χ0) is 18.3. The molecule has 2 N–H and O–H groups in total. The Hall–Kier alpha value is -1.92. The van der Waals surface area contributed by atoms with E-state index in [0.29, 0.717) is 10.7 Å². The van der Waals surface area contributed by atoms with Gasteiger partial charge in [0.15, 0.2) is 0 Å². The number of urea groups is 1. The second kappa shape index (κ2) is 8.80. The normalized spacial score (nSPS) is 10.5. The van der Waals surface area contributed by atoms with Gasteiger partial charge >= 0.3 is 12.2 Å². The van der Waals surface area contributed by atoms with Crippen molar-refractivity contribution in [2.24, 2.45) is 0 Å². The fourth-order valence-corrected chi connectivity index (χ4v) is 1.94. The molecule has 0 heterocycles. The molecule has 0 fully saturated rings. The highest BCUT2D eigenvalue weighted by Crippen LogP contribution is 2.30. The molecule has 2 aromatic rings. The largest absolute Gasteiger partial charge is 0.416 e. The summed E-state index contributed by atoms with van der Waals surface area (Å²) in [6.45, 7) is 4.00. The smallest absolute Gasteiger partial charge is 0.308 e. The molecule has 0 saturated heterocycles. The van der Waals surface area contributed by atoms with Gasteiger partial charge < -0.3 is 10.6 Å². The van der Waals surface area contributed by atoms with E-state index < -0.39 is 17.8 Å². The van der Waals surface area contributed by atoms with Crippen LogP contribution >= 0.6 is 23.2 Å². The molecule has 24 heavy (non-hydrogen) atoms. The van der Waals surface area contributed by atoms with E-state index >= 15 is 0 Å². The Labute approximate surface area is 147 Å². The summed E-state index contributed by atoms with van der Waals surface area (Å²) in [6.07, 6.45) is -4.47. The standard InChI is InChI=1S/C14H9Cl2F3N2O.C2H6/c15-11-5-4-10(7-12(11)16)21-13(22)20-9-3-1-2-8(6-9)14(17,18)19;1-2/h1-7H,(H2,20,21,22);1-2H3. The first-order chi connectivity index (χ1) is 11.3. The van der Waals surface area contributed by atoms with Crippen molar-refractivity contribution in [3.05, 3.63) is 58.1 Å². The number of rotatable bonds is 2. The van der Waals surface area contributed by atoms with Crippen molar-refractivity contribution in [2.75, 3.05) is 10.6 Å². The predicted octanol–water partition coefficient (Wildman–Crippen LogP) is 6.68. The zero-order valence-corrected chi connectivity index (χ0v) is 14.4. The maximum Gasteiger partial charge on any atom is 0.416 e. The maximum atomic E-state index is 12.6. The lowest BCUT2D eigenvalue weighted by Crippen LogP contribution is -2.19. The second-order valence-electron chi connectivity index (χ2n) is 4.29. The van der Waals surface area contributed by atoms with E-state index in [0.717, 1.165) is 12.1 Å². The third kappa shape index (κ3) is 5.94. The highest BCUT2D eigenvalue weighted by Gasteiger charge is 2.30. The Morgan fingerprint density at radius 2 is 1.50 bits per heavy atom. The fourth-order valence-electron chi connectivity index (χ4n) is 1.64. The highest BCUT2D eigenvalue weighted by atomic mass is 35.5. The van der Waals surface area contributed by atoms with Crippen molar-refractivity contribution in [3.63, 3.8) is 0 Å². The van der Waals surface area contributed by atoms with Gasteiger partial charge in [-0.15, -0.1) is 0 Å². The molecule has 0 bridgehead atoms. The van der Waals surface area contributed by atoms with Crippen LogP contribution in [-0.4, -0.2) is 6.03 Å². The van der Waals surface area contributed by atoms with E-state index in [9.17, 15) is 18.0 Å². The number of hydrogen-bond acceptors (Lipinski definition) is 1. The van der Waals surface area contributed by atoms with Crippen LogP contribution in [-0.2, 0) is 6.18 Å². The maximum absolute atomic E-state index is 12.6. The lowest BCUT2D eigenvalue weighted by atomic mass is 10.2. The van der Waals surface area contributed by atoms with Crippen molar-refractivity contribution in [1.82, 2.24) is 0 Å². The number of halogens is 5. The van der Waals surface area contributed by atoms with Crippen molar-refractivity contribution < 1.29 is 18.0 Å². The summed E-state index contributed by atoms with van der Waals surface area (Å²) in [4.78, 5) is 11.8. The number of hydrogen-bond donors (Lipinski definition) is 2. The van der Waals surface area contributed by atoms with E-state index in [1.165, 1.54) is 30.3 Å². The van der Waals surface area contributed by atoms with E-state index in [1.54, 1.807) is 0 Å². The molecule has 0 aliphatic rings. The van der Waals surface area contributed by atoms with Crippen molar-refractivity contribution in [2.45, 2.75) is 20.0 Å². The third-order valence-corrected chi connectivity index (χ3v) is 3.36. The predicted molar refractivity (Wildman–Crippen MR) is 91.9 cm³/mol. The van der Waals surface area contributed by atoms with Crippen LogP contribution in [0.15, 0.2) is 42.5 Å². The Morgan fingerprint density at radius 1 is 0.917 bits per heavy atom. The molecule has 0 atom stereocenters. The Morgan fingerprint density at radius 3 is 2.04 bits per heavy atom. The van der Waals surface area contributed by atoms with Crippen LogP contribution in [0.3, 0.4) is 0 Å². The molecule has 2 amide bonds. The molecule has 0 aromatic heterocycles. The van der Waals surface area contributed by atoms with Gasteiger partial charge in [0, 0.05) is 11.4 Å². The van der Waals surface area contributed by atoms with Gasteiger partial charge in [0.05, 0.1) is 15.6 Å². The second-order valence-corrected chi connectivity index (χ2v) is 5.10. The minimum absolute atomic E-state index is 0.0207. The van der Waals surface area contributed by atoms with Gasteiger partial charge in [0.25, 0.3) is 0 Å². The summed E-state index contributed by atoms with van der Waals surface area (Å²) >= 11 is 11.5. The molecule has 8 heteroatoms. The molecule has 0 aliphatic carbocycles. The van der Waals surface area contributed by atoms with E-state index in [4.69, 9.17) is 23.2 Å². The Kier molecular flexibility index (Phi) is 7.38. The van der Waals surface area contributed by atoms with Gasteiger partial charge in [0.1, 0.15) is 0 Å². The summed E-state index contributed by atoms with van der Waals surface area (Å²) in [5.41, 5.74) is -0.467. The van der Waals surface area contributed by atoms with Crippen molar-refractivity contribution >= 4 is 40.6 Å². The first-order valence-corrected chi connectivity index (χ1v) is 7.71. The average Bonchev–Trinajstić information content (AvgIpc) is 2.52. The minimum atomic E-state index is -4.47. The molecule has 2 aromatic carbocycles. The Balaban J connectivity index is 0.00000139. The number of carbonyl (C=O) groups is 1. The van der Waals surface area contributed by atoms with Gasteiger partial charge in [0.2, 0.25) is 0 Å². The van der Waals surface area contributed by atoms with E-state index in [1.807, 2.05) is 13.8 Å². The number of anilines is 2. The van der Waals surface area contributed by atoms with Gasteiger partial charge in [-0.2, -0.15) is 13.2 Å². The summed E-state index contributed by atoms with van der Waals surface area (Å²) in [5, 5.41) is 5.33. The Bertz CT molecular complexity index is 706. The number of carbonyl (C=O) groups excluding carboxylic acids is 1. The summed E-state index contributed by atoms with van der Waals surface area (Å²) in [7, 11) is 0. The van der Waals surface area contributed by atoms with Gasteiger partial charge in [-0.25, -0.2) is 4.79 Å². The van der Waals surface area contributed by atoms with Crippen molar-refractivity contribution in [1.29, 1.82) is 0 Å². The number of nitrogens with one attached hydrogen (secondary N) is 2. The van der Waals surface area contributed by atoms with E-state index in [2.05, 4.69) is 10.6 Å². The molecule has 0 aliphatic heterocycles.